The summed E-state index contributed by atoms with van der Waals surface area (Å²) in [5.74, 6) is 0.424. The maximum absolute atomic E-state index is 12.9. The number of nitrogens with one attached hydrogen (secondary N) is 1. The molecule has 3 rings (SSSR count). The maximum atomic E-state index is 12.9. The lowest BCUT2D eigenvalue weighted by Crippen LogP contribution is -2.21. The summed E-state index contributed by atoms with van der Waals surface area (Å²) in [7, 11) is 1.93. The summed E-state index contributed by atoms with van der Waals surface area (Å²) in [4.78, 5) is 3.46. The number of hydrogen-bond donors (Lipinski definition) is 1. The van der Waals surface area contributed by atoms with Crippen LogP contribution in [-0.2, 0) is 12.6 Å². The highest BCUT2D eigenvalue weighted by atomic mass is 19.4. The van der Waals surface area contributed by atoms with Crippen molar-refractivity contribution >= 4 is 0 Å². The molecule has 122 valence electrons. The molecule has 0 unspecified atom stereocenters. The van der Waals surface area contributed by atoms with Crippen LogP contribution in [0.1, 0.15) is 35.6 Å². The van der Waals surface area contributed by atoms with Gasteiger partial charge in [-0.2, -0.15) is 13.2 Å². The third kappa shape index (κ3) is 3.24. The Labute approximate surface area is 133 Å². The molecule has 1 aromatic heterocycles. The van der Waals surface area contributed by atoms with Crippen LogP contribution in [0.3, 0.4) is 0 Å². The molecule has 1 N–H and O–H groups in total. The first kappa shape index (κ1) is 16.0. The van der Waals surface area contributed by atoms with Crippen LogP contribution in [0, 0.1) is 0 Å². The maximum Gasteiger partial charge on any atom is 0.433 e. The van der Waals surface area contributed by atoms with Gasteiger partial charge in [0.05, 0.1) is 0 Å². The average Bonchev–Trinajstić information content (AvgIpc) is 2.54. The number of nitrogens with zero attached hydrogens (tertiary/aromatic N) is 1. The molecule has 0 saturated heterocycles. The molecule has 2 nitrogen and oxygen atoms in total. The summed E-state index contributed by atoms with van der Waals surface area (Å²) in [6, 6.07) is 8.77. The molecule has 5 heteroatoms. The van der Waals surface area contributed by atoms with Crippen LogP contribution in [0.15, 0.2) is 36.5 Å². The fraction of sp³-hybridized carbons (Fsp3) is 0.389. The lowest BCUT2D eigenvalue weighted by molar-refractivity contribution is -0.141. The van der Waals surface area contributed by atoms with E-state index in [1.54, 1.807) is 6.07 Å². The van der Waals surface area contributed by atoms with Crippen molar-refractivity contribution in [1.29, 1.82) is 0 Å². The van der Waals surface area contributed by atoms with Gasteiger partial charge >= 0.3 is 6.18 Å². The number of benzene rings is 1. The minimum atomic E-state index is -4.42. The van der Waals surface area contributed by atoms with Gasteiger partial charge in [0.25, 0.3) is 0 Å². The van der Waals surface area contributed by atoms with Crippen molar-refractivity contribution in [3.8, 4) is 11.1 Å². The molecule has 1 aromatic carbocycles. The molecular formula is C18H19F3N2. The topological polar surface area (TPSA) is 24.9 Å². The highest BCUT2D eigenvalue weighted by Crippen LogP contribution is 2.38. The van der Waals surface area contributed by atoms with Crippen LogP contribution >= 0.6 is 0 Å². The number of alkyl halides is 3. The molecule has 0 fully saturated rings. The van der Waals surface area contributed by atoms with E-state index in [9.17, 15) is 13.2 Å². The first-order valence-corrected chi connectivity index (χ1v) is 7.80. The van der Waals surface area contributed by atoms with E-state index in [0.717, 1.165) is 37.4 Å². The van der Waals surface area contributed by atoms with Gasteiger partial charge in [-0.15, -0.1) is 0 Å². The van der Waals surface area contributed by atoms with Gasteiger partial charge in [0.15, 0.2) is 0 Å². The lowest BCUT2D eigenvalue weighted by atomic mass is 9.79. The molecule has 1 atom stereocenters. The van der Waals surface area contributed by atoms with Crippen LogP contribution in [-0.4, -0.2) is 18.6 Å². The van der Waals surface area contributed by atoms with Crippen LogP contribution in [0.2, 0.25) is 0 Å². The average molecular weight is 320 g/mol. The number of halogens is 3. The van der Waals surface area contributed by atoms with Gasteiger partial charge < -0.3 is 5.32 Å². The second kappa shape index (κ2) is 6.32. The third-order valence-corrected chi connectivity index (χ3v) is 4.44. The molecule has 0 aliphatic heterocycles. The van der Waals surface area contributed by atoms with Crippen LogP contribution < -0.4 is 5.32 Å². The number of fused-ring (bicyclic) bond motifs is 1. The Morgan fingerprint density at radius 3 is 2.83 bits per heavy atom. The first-order chi connectivity index (χ1) is 11.0. The number of likely N-dealkylation sites (N-methyl/N-ethyl adjacent to an activating group) is 1. The van der Waals surface area contributed by atoms with Gasteiger partial charge in [-0.1, -0.05) is 18.2 Å². The van der Waals surface area contributed by atoms with E-state index < -0.39 is 11.9 Å². The smallest absolute Gasteiger partial charge is 0.319 e. The molecule has 0 saturated carbocycles. The molecule has 1 aliphatic rings. The quantitative estimate of drug-likeness (QED) is 0.906. The van der Waals surface area contributed by atoms with Crippen molar-refractivity contribution in [2.45, 2.75) is 31.4 Å². The summed E-state index contributed by atoms with van der Waals surface area (Å²) >= 11 is 0. The van der Waals surface area contributed by atoms with E-state index in [1.165, 1.54) is 17.3 Å². The Kier molecular flexibility index (Phi) is 4.39. The largest absolute Gasteiger partial charge is 0.433 e. The predicted molar refractivity (Wildman–Crippen MR) is 84.3 cm³/mol. The van der Waals surface area contributed by atoms with Crippen molar-refractivity contribution < 1.29 is 13.2 Å². The Balaban J connectivity index is 2.06. The number of rotatable bonds is 3. The summed E-state index contributed by atoms with van der Waals surface area (Å²) in [5, 5.41) is 3.21. The first-order valence-electron chi connectivity index (χ1n) is 7.80. The van der Waals surface area contributed by atoms with Gasteiger partial charge in [0.2, 0.25) is 0 Å². The highest BCUT2D eigenvalue weighted by Gasteiger charge is 2.32. The molecule has 2 aromatic rings. The van der Waals surface area contributed by atoms with Crippen molar-refractivity contribution in [3.63, 3.8) is 0 Å². The highest BCUT2D eigenvalue weighted by molar-refractivity contribution is 5.69. The molecule has 0 bridgehead atoms. The second-order valence-corrected chi connectivity index (χ2v) is 5.95. The summed E-state index contributed by atoms with van der Waals surface area (Å²) in [6.07, 6.45) is -0.0879. The third-order valence-electron chi connectivity index (χ3n) is 4.44. The van der Waals surface area contributed by atoms with Crippen LogP contribution in [0.5, 0.6) is 0 Å². The van der Waals surface area contributed by atoms with E-state index in [2.05, 4.69) is 16.4 Å². The number of hydrogen-bond acceptors (Lipinski definition) is 2. The van der Waals surface area contributed by atoms with E-state index in [1.807, 2.05) is 19.2 Å². The normalized spacial score (nSPS) is 17.8. The monoisotopic (exact) mass is 320 g/mol. The van der Waals surface area contributed by atoms with Gasteiger partial charge in [0, 0.05) is 12.7 Å². The minimum Gasteiger partial charge on any atom is -0.319 e. The zero-order valence-electron chi connectivity index (χ0n) is 13.0. The Morgan fingerprint density at radius 2 is 2.09 bits per heavy atom. The molecule has 0 amide bonds. The number of pyridine rings is 1. The lowest BCUT2D eigenvalue weighted by Gasteiger charge is -2.27. The second-order valence-electron chi connectivity index (χ2n) is 5.95. The fourth-order valence-corrected chi connectivity index (χ4v) is 3.43. The molecule has 0 spiro atoms. The van der Waals surface area contributed by atoms with Crippen LogP contribution in [0.4, 0.5) is 13.2 Å². The Hall–Kier alpha value is -1.88. The number of aromatic nitrogens is 1. The summed E-state index contributed by atoms with van der Waals surface area (Å²) < 4.78 is 38.7. The zero-order chi connectivity index (χ0) is 16.4. The van der Waals surface area contributed by atoms with Crippen molar-refractivity contribution in [2.75, 3.05) is 13.6 Å². The van der Waals surface area contributed by atoms with Gasteiger partial charge in [-0.3, -0.25) is 4.98 Å². The van der Waals surface area contributed by atoms with Crippen molar-refractivity contribution in [2.24, 2.45) is 0 Å². The molecule has 0 radical (unpaired) electrons. The summed E-state index contributed by atoms with van der Waals surface area (Å²) in [5.41, 5.74) is 3.09. The molecule has 1 heterocycles. The zero-order valence-corrected chi connectivity index (χ0v) is 13.0. The fourth-order valence-electron chi connectivity index (χ4n) is 3.43. The van der Waals surface area contributed by atoms with Crippen molar-refractivity contribution in [1.82, 2.24) is 10.3 Å². The standard InChI is InChI=1S/C18H19F3N2/c1-22-11-13-4-2-7-16-14(5-3-6-15(13)16)12-8-9-23-17(10-12)18(19,20)21/h3,5-6,8-10,13,22H,2,4,7,11H2,1H3/t13-/m1/s1. The van der Waals surface area contributed by atoms with Crippen LogP contribution in [0.25, 0.3) is 11.1 Å². The van der Waals surface area contributed by atoms with Gasteiger partial charge in [-0.05, 0) is 66.6 Å². The molecule has 23 heavy (non-hydrogen) atoms. The van der Waals surface area contributed by atoms with Gasteiger partial charge in [0.1, 0.15) is 5.69 Å². The molecule has 1 aliphatic carbocycles. The summed E-state index contributed by atoms with van der Waals surface area (Å²) in [6.45, 7) is 0.889. The Bertz CT molecular complexity index is 695. The SMILES string of the molecule is CNC[C@H]1CCCc2c(-c3ccnc(C(F)(F)F)c3)cccc21. The van der Waals surface area contributed by atoms with Gasteiger partial charge in [-0.25, -0.2) is 0 Å². The minimum absolute atomic E-state index is 0.424. The predicted octanol–water partition coefficient (Wildman–Crippen LogP) is 4.41. The Morgan fingerprint density at radius 1 is 1.26 bits per heavy atom. The van der Waals surface area contributed by atoms with E-state index in [0.29, 0.717) is 11.5 Å². The van der Waals surface area contributed by atoms with Crippen molar-refractivity contribution in [3.05, 3.63) is 53.3 Å². The molecular weight excluding hydrogens is 301 g/mol. The van der Waals surface area contributed by atoms with E-state index in [-0.39, 0.29) is 0 Å². The van der Waals surface area contributed by atoms with E-state index in [4.69, 9.17) is 0 Å². The van der Waals surface area contributed by atoms with E-state index >= 15 is 0 Å².